The molecule has 2 N–H and O–H groups in total. The number of nitrogens with two attached hydrogens (primary N) is 1. The molecule has 3 heterocycles. The number of rotatable bonds is 6. The number of fused-ring (bicyclic) bond motifs is 1. The minimum absolute atomic E-state index is 0.0520. The molecule has 2 aliphatic rings. The van der Waals surface area contributed by atoms with Gasteiger partial charge in [0.25, 0.3) is 6.29 Å². The molecule has 3 atom stereocenters. The summed E-state index contributed by atoms with van der Waals surface area (Å²) < 4.78 is 12.7. The number of ether oxygens (including phenoxy) is 2. The largest absolute Gasteiger partial charge is 0.420 e. The maximum Gasteiger partial charge on any atom is 0.359 e. The molecule has 0 radical (unpaired) electrons. The lowest BCUT2D eigenvalue weighted by Gasteiger charge is -2.48. The summed E-state index contributed by atoms with van der Waals surface area (Å²) in [5.41, 5.74) is 5.67. The van der Waals surface area contributed by atoms with E-state index in [1.807, 2.05) is 0 Å². The van der Waals surface area contributed by atoms with Gasteiger partial charge in [-0.2, -0.15) is 0 Å². The molecule has 1 aromatic heterocycles. The van der Waals surface area contributed by atoms with Gasteiger partial charge in [0, 0.05) is 23.3 Å². The highest BCUT2D eigenvalue weighted by molar-refractivity contribution is 8.06. The van der Waals surface area contributed by atoms with E-state index in [-0.39, 0.29) is 17.0 Å². The van der Waals surface area contributed by atoms with Crippen molar-refractivity contribution < 1.29 is 23.9 Å². The average Bonchev–Trinajstić information content (AvgIpc) is 3.21. The van der Waals surface area contributed by atoms with E-state index < -0.39 is 29.7 Å². The molecule has 180 valence electrons. The lowest BCUT2D eigenvalue weighted by Crippen LogP contribution is -2.68. The van der Waals surface area contributed by atoms with Crippen LogP contribution in [0.1, 0.15) is 32.6 Å². The number of tetrazole rings is 1. The molecule has 3 unspecified atom stereocenters. The first-order valence-corrected chi connectivity index (χ1v) is 12.2. The maximum absolute atomic E-state index is 13.5. The fourth-order valence-corrected chi connectivity index (χ4v) is 5.50. The first kappa shape index (κ1) is 24.2. The Morgan fingerprint density at radius 1 is 1.24 bits per heavy atom. The molecule has 1 amide bonds. The quantitative estimate of drug-likeness (QED) is 0.348. The second-order valence-electron chi connectivity index (χ2n) is 8.70. The van der Waals surface area contributed by atoms with Crippen molar-refractivity contribution in [3.05, 3.63) is 46.5 Å². The van der Waals surface area contributed by atoms with E-state index in [0.717, 1.165) is 11.8 Å². The Labute approximate surface area is 204 Å². The van der Waals surface area contributed by atoms with Crippen LogP contribution in [0, 0.1) is 5.41 Å². The Kier molecular flexibility index (Phi) is 6.69. The van der Waals surface area contributed by atoms with Gasteiger partial charge in [-0.1, -0.05) is 30.3 Å². The lowest BCUT2D eigenvalue weighted by atomic mass is 9.97. The smallest absolute Gasteiger partial charge is 0.359 e. The van der Waals surface area contributed by atoms with Crippen molar-refractivity contribution in [2.45, 2.75) is 43.6 Å². The van der Waals surface area contributed by atoms with E-state index in [4.69, 9.17) is 15.2 Å². The molecular weight excluding hydrogens is 480 g/mol. The Morgan fingerprint density at radius 2 is 1.94 bits per heavy atom. The van der Waals surface area contributed by atoms with Crippen LogP contribution in [0.15, 0.2) is 46.1 Å². The van der Waals surface area contributed by atoms with Gasteiger partial charge in [-0.25, -0.2) is 9.48 Å². The molecular formula is C21H24N6O5S2. The standard InChI is InChI=1S/C21H24N6O5S2/c1-21(2,3)19(30)32-18(11-8-6-5-7-9-11)31-17(29)14-12(34-20-23-24-25-26(20)4)10-33-16-13(22)15(28)27(14)16/h5-9,13,16,18H,10,22H2,1-4H3. The van der Waals surface area contributed by atoms with Gasteiger partial charge in [-0.05, 0) is 43.0 Å². The number of nitrogens with zero attached hydrogens (tertiary/aromatic N) is 5. The number of thioether (sulfide) groups is 2. The van der Waals surface area contributed by atoms with Crippen LogP contribution in [-0.4, -0.2) is 60.1 Å². The maximum atomic E-state index is 13.5. The lowest BCUT2D eigenvalue weighted by molar-refractivity contribution is -0.195. The van der Waals surface area contributed by atoms with Gasteiger partial charge in [0.1, 0.15) is 17.1 Å². The molecule has 2 aliphatic heterocycles. The van der Waals surface area contributed by atoms with E-state index in [1.165, 1.54) is 21.3 Å². The summed E-state index contributed by atoms with van der Waals surface area (Å²) in [7, 11) is 1.67. The topological polar surface area (TPSA) is 143 Å². The zero-order valence-corrected chi connectivity index (χ0v) is 20.6. The summed E-state index contributed by atoms with van der Waals surface area (Å²) in [4.78, 5) is 40.6. The van der Waals surface area contributed by atoms with Crippen LogP contribution in [0.4, 0.5) is 0 Å². The summed E-state index contributed by atoms with van der Waals surface area (Å²) in [6.45, 7) is 5.11. The molecule has 2 aromatic rings. The fourth-order valence-electron chi connectivity index (χ4n) is 3.17. The van der Waals surface area contributed by atoms with Crippen LogP contribution < -0.4 is 5.73 Å². The molecule has 1 fully saturated rings. The molecule has 1 saturated heterocycles. The molecule has 13 heteroatoms. The first-order chi connectivity index (χ1) is 16.1. The van der Waals surface area contributed by atoms with Gasteiger partial charge in [-0.3, -0.25) is 14.5 Å². The van der Waals surface area contributed by atoms with E-state index in [9.17, 15) is 14.4 Å². The van der Waals surface area contributed by atoms with Gasteiger partial charge >= 0.3 is 11.9 Å². The van der Waals surface area contributed by atoms with Crippen LogP contribution in [0.5, 0.6) is 0 Å². The van der Waals surface area contributed by atoms with Crippen molar-refractivity contribution in [2.75, 3.05) is 5.75 Å². The third-order valence-corrected chi connectivity index (χ3v) is 7.67. The first-order valence-electron chi connectivity index (χ1n) is 10.4. The molecule has 0 saturated carbocycles. The minimum atomic E-state index is -1.30. The molecule has 1 aromatic carbocycles. The number of amides is 1. The average molecular weight is 505 g/mol. The molecule has 4 rings (SSSR count). The fraction of sp³-hybridized carbons (Fsp3) is 0.429. The van der Waals surface area contributed by atoms with E-state index in [0.29, 0.717) is 21.4 Å². The number of carbonyl (C=O) groups is 3. The third kappa shape index (κ3) is 4.68. The summed E-state index contributed by atoms with van der Waals surface area (Å²) in [6, 6.07) is 7.95. The summed E-state index contributed by atoms with van der Waals surface area (Å²) in [6.07, 6.45) is -1.30. The van der Waals surface area contributed by atoms with Crippen molar-refractivity contribution in [3.8, 4) is 0 Å². The summed E-state index contributed by atoms with van der Waals surface area (Å²) >= 11 is 2.60. The van der Waals surface area contributed by atoms with Crippen LogP contribution in [0.2, 0.25) is 0 Å². The number of β-lactam (4-membered cyclic amide) rings is 1. The summed E-state index contributed by atoms with van der Waals surface area (Å²) in [5.74, 6) is -1.33. The monoisotopic (exact) mass is 504 g/mol. The van der Waals surface area contributed by atoms with Crippen LogP contribution in [0.3, 0.4) is 0 Å². The zero-order valence-electron chi connectivity index (χ0n) is 19.0. The van der Waals surface area contributed by atoms with Crippen molar-refractivity contribution in [1.82, 2.24) is 25.1 Å². The van der Waals surface area contributed by atoms with Crippen molar-refractivity contribution in [3.63, 3.8) is 0 Å². The number of aryl methyl sites for hydroxylation is 1. The van der Waals surface area contributed by atoms with Crippen molar-refractivity contribution in [1.29, 1.82) is 0 Å². The number of hydrogen-bond donors (Lipinski definition) is 1. The predicted molar refractivity (Wildman–Crippen MR) is 124 cm³/mol. The predicted octanol–water partition coefficient (Wildman–Crippen LogP) is 1.59. The Bertz CT molecular complexity index is 1150. The van der Waals surface area contributed by atoms with Gasteiger partial charge < -0.3 is 15.2 Å². The van der Waals surface area contributed by atoms with E-state index >= 15 is 0 Å². The van der Waals surface area contributed by atoms with Crippen LogP contribution in [0.25, 0.3) is 0 Å². The number of aromatic nitrogens is 4. The third-order valence-electron chi connectivity index (χ3n) is 5.08. The second kappa shape index (κ2) is 9.39. The van der Waals surface area contributed by atoms with Crippen molar-refractivity contribution in [2.24, 2.45) is 18.2 Å². The Balaban J connectivity index is 1.67. The second-order valence-corrected chi connectivity index (χ2v) is 10.9. The number of hydrogen-bond acceptors (Lipinski definition) is 11. The van der Waals surface area contributed by atoms with Crippen LogP contribution in [-0.2, 0) is 30.9 Å². The minimum Gasteiger partial charge on any atom is -0.420 e. The van der Waals surface area contributed by atoms with Gasteiger partial charge in [0.15, 0.2) is 0 Å². The highest BCUT2D eigenvalue weighted by Crippen LogP contribution is 2.44. The highest BCUT2D eigenvalue weighted by Gasteiger charge is 2.52. The Morgan fingerprint density at radius 3 is 2.56 bits per heavy atom. The molecule has 0 bridgehead atoms. The number of carbonyl (C=O) groups excluding carboxylic acids is 3. The molecule has 0 spiro atoms. The molecule has 11 nitrogen and oxygen atoms in total. The molecule has 0 aliphatic carbocycles. The van der Waals surface area contributed by atoms with Gasteiger partial charge in [0.2, 0.25) is 11.1 Å². The number of esters is 2. The SMILES string of the molecule is Cn1nnnc1SC1=C(C(=O)OC(OC(=O)C(C)(C)C)c2ccccc2)N2C(=O)C(N)C2SC1. The zero-order chi connectivity index (χ0) is 24.6. The number of benzene rings is 1. The highest BCUT2D eigenvalue weighted by atomic mass is 32.2. The van der Waals surface area contributed by atoms with Gasteiger partial charge in [0.05, 0.1) is 5.41 Å². The van der Waals surface area contributed by atoms with Crippen molar-refractivity contribution >= 4 is 41.4 Å². The summed E-state index contributed by atoms with van der Waals surface area (Å²) in [5, 5.41) is 11.4. The van der Waals surface area contributed by atoms with Crippen LogP contribution >= 0.6 is 23.5 Å². The van der Waals surface area contributed by atoms with E-state index in [1.54, 1.807) is 58.2 Å². The van der Waals surface area contributed by atoms with Gasteiger partial charge in [-0.15, -0.1) is 16.9 Å². The Hall–Kier alpha value is -2.90. The molecule has 34 heavy (non-hydrogen) atoms. The normalized spacial score (nSPS) is 21.0. The van der Waals surface area contributed by atoms with E-state index in [2.05, 4.69) is 15.5 Å².